The smallest absolute Gasteiger partial charge is 0.506 e. The molecule has 2 heterocycles. The zero-order chi connectivity index (χ0) is 32.7. The van der Waals surface area contributed by atoms with E-state index >= 15 is 0 Å². The quantitative estimate of drug-likeness (QED) is 0.121. The van der Waals surface area contributed by atoms with E-state index in [1.54, 1.807) is 24.4 Å². The number of halogens is 6. The summed E-state index contributed by atoms with van der Waals surface area (Å²) >= 11 is 0. The molecule has 1 N–H and O–H groups in total. The Balaban J connectivity index is 0.000000248. The lowest BCUT2D eigenvalue weighted by Crippen LogP contribution is -2.17. The summed E-state index contributed by atoms with van der Waals surface area (Å²) in [7, 11) is 1.53. The van der Waals surface area contributed by atoms with E-state index in [4.69, 9.17) is 24.1 Å². The van der Waals surface area contributed by atoms with Crippen LogP contribution in [0.1, 0.15) is 22.5 Å². The molecule has 0 radical (unpaired) electrons. The lowest BCUT2D eigenvalue weighted by molar-refractivity contribution is -0.275. The number of aromatic hydroxyl groups is 1. The minimum atomic E-state index is -4.69. The first-order valence-corrected chi connectivity index (χ1v) is 12.9. The van der Waals surface area contributed by atoms with Gasteiger partial charge >= 0.3 is 12.7 Å². The van der Waals surface area contributed by atoms with Gasteiger partial charge in [-0.1, -0.05) is 24.3 Å². The van der Waals surface area contributed by atoms with Gasteiger partial charge in [0.1, 0.15) is 23.0 Å². The van der Waals surface area contributed by atoms with Gasteiger partial charge in [0, 0.05) is 7.11 Å². The number of hydrogen-bond donors (Lipinski definition) is 1. The van der Waals surface area contributed by atoms with Crippen molar-refractivity contribution in [3.8, 4) is 23.0 Å². The van der Waals surface area contributed by atoms with Crippen LogP contribution in [0, 0.1) is 0 Å². The Labute approximate surface area is 253 Å². The van der Waals surface area contributed by atoms with Crippen LogP contribution in [0.3, 0.4) is 0 Å². The lowest BCUT2D eigenvalue weighted by atomic mass is 10.2. The molecule has 15 heteroatoms. The van der Waals surface area contributed by atoms with Gasteiger partial charge in [0.25, 0.3) is 0 Å². The number of pyridine rings is 2. The molecule has 0 saturated carbocycles. The van der Waals surface area contributed by atoms with E-state index in [0.29, 0.717) is 22.7 Å². The predicted molar refractivity (Wildman–Crippen MR) is 146 cm³/mol. The van der Waals surface area contributed by atoms with Gasteiger partial charge in [0.15, 0.2) is 6.79 Å². The molecular weight excluding hydrogens is 614 g/mol. The summed E-state index contributed by atoms with van der Waals surface area (Å²) in [5.74, 6) is 0.117. The van der Waals surface area contributed by atoms with Crippen molar-refractivity contribution in [3.05, 3.63) is 108 Å². The molecular formula is C30H28F6N2O7. The van der Waals surface area contributed by atoms with Crippen LogP contribution < -0.4 is 14.2 Å². The number of aromatic nitrogens is 2. The fraction of sp³-hybridized carbons (Fsp3) is 0.267. The van der Waals surface area contributed by atoms with E-state index < -0.39 is 12.7 Å². The van der Waals surface area contributed by atoms with Gasteiger partial charge in [-0.15, -0.1) is 26.3 Å². The molecule has 4 aromatic rings. The first kappa shape index (κ1) is 34.9. The minimum absolute atomic E-state index is 0.0685. The number of methoxy groups -OCH3 is 1. The summed E-state index contributed by atoms with van der Waals surface area (Å²) in [6.45, 7) is 1.13. The second kappa shape index (κ2) is 17.0. The van der Waals surface area contributed by atoms with Crippen molar-refractivity contribution >= 4 is 0 Å². The molecule has 0 aliphatic carbocycles. The molecule has 2 aromatic carbocycles. The molecule has 9 nitrogen and oxygen atoms in total. The van der Waals surface area contributed by atoms with Crippen LogP contribution in [0.4, 0.5) is 26.3 Å². The lowest BCUT2D eigenvalue weighted by Gasteiger charge is -2.09. The maximum Gasteiger partial charge on any atom is 0.573 e. The van der Waals surface area contributed by atoms with Crippen molar-refractivity contribution in [2.75, 3.05) is 13.9 Å². The molecule has 0 aliphatic heterocycles. The topological polar surface area (TPSA) is 101 Å². The average Bonchev–Trinajstić information content (AvgIpc) is 2.98. The minimum Gasteiger partial charge on any atom is -0.506 e. The zero-order valence-corrected chi connectivity index (χ0v) is 23.7. The molecule has 0 spiro atoms. The standard InChI is InChI=1S/C16H16F3NO4.C14H12F3NO3/c1-21-11-23-15-7-4-13(20-8-15)10-22-9-12-2-5-14(6-3-12)24-16(17,18)19;15-14(16,17)21-13-5-1-10(2-6-13)8-20-9-11-3-4-12(19)7-18-11/h2-8H,9-11H2,1H3;1-7,19H,8-9H2. The second-order valence-corrected chi connectivity index (χ2v) is 8.91. The molecule has 0 amide bonds. The van der Waals surface area contributed by atoms with Crippen LogP contribution in [-0.2, 0) is 40.6 Å². The Kier molecular flexibility index (Phi) is 13.2. The highest BCUT2D eigenvalue weighted by molar-refractivity contribution is 5.28. The number of hydrogen-bond acceptors (Lipinski definition) is 9. The highest BCUT2D eigenvalue weighted by Gasteiger charge is 2.31. The molecule has 0 saturated heterocycles. The Morgan fingerprint density at radius 3 is 1.40 bits per heavy atom. The molecule has 45 heavy (non-hydrogen) atoms. The van der Waals surface area contributed by atoms with Crippen molar-refractivity contribution in [1.82, 2.24) is 9.97 Å². The largest absolute Gasteiger partial charge is 0.573 e. The van der Waals surface area contributed by atoms with E-state index in [-0.39, 0.29) is 50.5 Å². The molecule has 242 valence electrons. The van der Waals surface area contributed by atoms with E-state index in [1.807, 2.05) is 0 Å². The third kappa shape index (κ3) is 14.6. The highest BCUT2D eigenvalue weighted by Crippen LogP contribution is 2.24. The van der Waals surface area contributed by atoms with Crippen LogP contribution in [0.5, 0.6) is 23.0 Å². The van der Waals surface area contributed by atoms with Crippen molar-refractivity contribution < 1.29 is 59.9 Å². The molecule has 0 fully saturated rings. The molecule has 0 bridgehead atoms. The summed E-state index contributed by atoms with van der Waals surface area (Å²) in [6.07, 6.45) is -6.52. The predicted octanol–water partition coefficient (Wildman–Crippen LogP) is 7.08. The normalized spacial score (nSPS) is 11.4. The Hall–Kier alpha value is -4.60. The Bertz CT molecular complexity index is 1400. The van der Waals surface area contributed by atoms with E-state index in [2.05, 4.69) is 19.4 Å². The average molecular weight is 643 g/mol. The van der Waals surface area contributed by atoms with Gasteiger partial charge in [0.05, 0.1) is 50.2 Å². The molecule has 0 unspecified atom stereocenters. The number of ether oxygens (including phenoxy) is 6. The van der Waals surface area contributed by atoms with Gasteiger partial charge in [-0.2, -0.15) is 0 Å². The third-order valence-corrected chi connectivity index (χ3v) is 5.30. The van der Waals surface area contributed by atoms with Gasteiger partial charge in [-0.3, -0.25) is 9.97 Å². The molecule has 4 rings (SSSR count). The maximum absolute atomic E-state index is 12.1. The Morgan fingerprint density at radius 1 is 0.578 bits per heavy atom. The zero-order valence-electron chi connectivity index (χ0n) is 23.7. The first-order chi connectivity index (χ1) is 21.4. The molecule has 0 aliphatic rings. The summed E-state index contributed by atoms with van der Waals surface area (Å²) in [4.78, 5) is 8.11. The van der Waals surface area contributed by atoms with Crippen molar-refractivity contribution in [3.63, 3.8) is 0 Å². The summed E-state index contributed by atoms with van der Waals surface area (Å²) < 4.78 is 101. The van der Waals surface area contributed by atoms with Gasteiger partial charge in [-0.25, -0.2) is 0 Å². The van der Waals surface area contributed by atoms with E-state index in [9.17, 15) is 26.3 Å². The number of benzene rings is 2. The van der Waals surface area contributed by atoms with Gasteiger partial charge in [-0.05, 0) is 59.7 Å². The Morgan fingerprint density at radius 2 is 1.02 bits per heavy atom. The number of alkyl halides is 6. The highest BCUT2D eigenvalue weighted by atomic mass is 19.4. The number of rotatable bonds is 13. The van der Waals surface area contributed by atoms with Crippen molar-refractivity contribution in [2.24, 2.45) is 0 Å². The van der Waals surface area contributed by atoms with Crippen LogP contribution >= 0.6 is 0 Å². The summed E-state index contributed by atoms with van der Waals surface area (Å²) in [5.41, 5.74) is 2.79. The fourth-order valence-electron chi connectivity index (χ4n) is 3.33. The SMILES string of the molecule is COCOc1ccc(COCc2ccc(OC(F)(F)F)cc2)nc1.Oc1ccc(COCc2ccc(OC(F)(F)F)cc2)nc1. The van der Waals surface area contributed by atoms with Crippen molar-refractivity contribution in [1.29, 1.82) is 0 Å². The molecule has 0 atom stereocenters. The molecule has 2 aromatic heterocycles. The van der Waals surface area contributed by atoms with Gasteiger partial charge in [0.2, 0.25) is 0 Å². The second-order valence-electron chi connectivity index (χ2n) is 8.91. The summed E-state index contributed by atoms with van der Waals surface area (Å²) in [5, 5.41) is 9.07. The van der Waals surface area contributed by atoms with E-state index in [1.165, 1.54) is 67.9 Å². The van der Waals surface area contributed by atoms with Gasteiger partial charge < -0.3 is 33.5 Å². The van der Waals surface area contributed by atoms with Crippen LogP contribution in [-0.4, -0.2) is 41.7 Å². The van der Waals surface area contributed by atoms with Crippen molar-refractivity contribution in [2.45, 2.75) is 39.2 Å². The fourth-order valence-corrected chi connectivity index (χ4v) is 3.33. The number of nitrogens with zero attached hydrogens (tertiary/aromatic N) is 2. The maximum atomic E-state index is 12.1. The van der Waals surface area contributed by atoms with Crippen LogP contribution in [0.15, 0.2) is 85.2 Å². The van der Waals surface area contributed by atoms with E-state index in [0.717, 1.165) is 5.56 Å². The monoisotopic (exact) mass is 642 g/mol. The summed E-state index contributed by atoms with van der Waals surface area (Å²) in [6, 6.07) is 17.6. The van der Waals surface area contributed by atoms with Crippen LogP contribution in [0.25, 0.3) is 0 Å². The third-order valence-electron chi connectivity index (χ3n) is 5.30. The van der Waals surface area contributed by atoms with Crippen LogP contribution in [0.2, 0.25) is 0 Å². The first-order valence-electron chi connectivity index (χ1n) is 12.9.